The van der Waals surface area contributed by atoms with Crippen LogP contribution in [-0.2, 0) is 14.4 Å². The number of amides is 3. The van der Waals surface area contributed by atoms with Crippen LogP contribution >= 0.6 is 0 Å². The van der Waals surface area contributed by atoms with Gasteiger partial charge in [-0.05, 0) is 41.8 Å². The van der Waals surface area contributed by atoms with Crippen molar-refractivity contribution in [3.63, 3.8) is 0 Å². The predicted octanol–water partition coefficient (Wildman–Crippen LogP) is 0.497. The molecular formula is C24H23F3N3NaO6. The predicted molar refractivity (Wildman–Crippen MR) is 122 cm³/mol. The molecule has 0 bridgehead atoms. The minimum absolute atomic E-state index is 0. The fraction of sp³-hybridized carbons (Fsp3) is 0.250. The van der Waals surface area contributed by atoms with Crippen LogP contribution in [0.2, 0.25) is 0 Å². The summed E-state index contributed by atoms with van der Waals surface area (Å²) in [5, 5.41) is 14.1. The molecule has 0 aromatic heterocycles. The third-order valence-corrected chi connectivity index (χ3v) is 5.30. The summed E-state index contributed by atoms with van der Waals surface area (Å²) in [7, 11) is 1.44. The van der Waals surface area contributed by atoms with Crippen molar-refractivity contribution in [1.82, 2.24) is 15.5 Å². The zero-order valence-electron chi connectivity index (χ0n) is 21.1. The molecule has 0 fully saturated rings. The van der Waals surface area contributed by atoms with Gasteiger partial charge in [0.1, 0.15) is 5.75 Å². The number of hydrogen-bond donors (Lipinski definition) is 3. The Kier molecular flexibility index (Phi) is 9.90. The normalized spacial score (nSPS) is 16.3. The summed E-state index contributed by atoms with van der Waals surface area (Å²) in [5.41, 5.74) is 1.72. The van der Waals surface area contributed by atoms with Crippen molar-refractivity contribution >= 4 is 23.7 Å². The number of benzene rings is 2. The van der Waals surface area contributed by atoms with Crippen LogP contribution in [0.25, 0.3) is 11.1 Å². The SMILES string of the molecule is CC1=CN(C)C(=O)C(NC(=O)NC(CC(=O)O)c2cccc(-c3ccc(OC(F)(F)F)cc3)c2)C1=O.[H-].[Na+]. The molecule has 1 aliphatic rings. The first-order valence-electron chi connectivity index (χ1n) is 10.6. The summed E-state index contributed by atoms with van der Waals surface area (Å²) < 4.78 is 41.0. The average Bonchev–Trinajstić information content (AvgIpc) is 2.79. The van der Waals surface area contributed by atoms with E-state index < -0.39 is 54.3 Å². The van der Waals surface area contributed by atoms with Crippen molar-refractivity contribution in [2.24, 2.45) is 0 Å². The number of rotatable bonds is 7. The largest absolute Gasteiger partial charge is 1.00 e. The number of nitrogens with one attached hydrogen (secondary N) is 2. The van der Waals surface area contributed by atoms with Crippen molar-refractivity contribution < 1.29 is 73.2 Å². The molecule has 3 rings (SSSR count). The maximum atomic E-state index is 12.6. The summed E-state index contributed by atoms with van der Waals surface area (Å²) in [5.74, 6) is -2.84. The molecule has 0 saturated carbocycles. The topological polar surface area (TPSA) is 125 Å². The fourth-order valence-corrected chi connectivity index (χ4v) is 3.63. The number of urea groups is 1. The Hall–Kier alpha value is -3.35. The first kappa shape index (κ1) is 29.9. The Bertz CT molecular complexity index is 1220. The van der Waals surface area contributed by atoms with Gasteiger partial charge in [-0.25, -0.2) is 4.79 Å². The Labute approximate surface area is 233 Å². The minimum atomic E-state index is -4.82. The molecule has 2 unspecified atom stereocenters. The standard InChI is InChI=1S/C24H22F3N3O6.Na.H/c1-13-12-30(2)22(34)20(21(13)33)29-23(35)28-18(11-19(31)32)16-5-3-4-15(10-16)14-6-8-17(9-7-14)36-24(25,26)27;;/h3-10,12,18,20H,11H2,1-2H3,(H,31,32)(H2,28,29,35);;/q;+1;-1. The van der Waals surface area contributed by atoms with E-state index in [1.165, 1.54) is 37.2 Å². The summed E-state index contributed by atoms with van der Waals surface area (Å²) in [6, 6.07) is 8.06. The number of aliphatic carboxylic acids is 1. The smallest absolute Gasteiger partial charge is 1.00 e. The zero-order valence-corrected chi connectivity index (χ0v) is 22.1. The molecule has 192 valence electrons. The van der Waals surface area contributed by atoms with Crippen molar-refractivity contribution in [1.29, 1.82) is 0 Å². The number of halogens is 3. The molecule has 13 heteroatoms. The molecule has 0 radical (unpaired) electrons. The Morgan fingerprint density at radius 3 is 2.38 bits per heavy atom. The monoisotopic (exact) mass is 529 g/mol. The quantitative estimate of drug-likeness (QED) is 0.355. The van der Waals surface area contributed by atoms with E-state index in [1.807, 2.05) is 0 Å². The summed E-state index contributed by atoms with van der Waals surface area (Å²) in [4.78, 5) is 49.9. The van der Waals surface area contributed by atoms with Gasteiger partial charge in [0.05, 0.1) is 12.5 Å². The Morgan fingerprint density at radius 1 is 1.14 bits per heavy atom. The van der Waals surface area contributed by atoms with E-state index >= 15 is 0 Å². The van der Waals surface area contributed by atoms with Gasteiger partial charge in [0.15, 0.2) is 11.8 Å². The first-order valence-corrected chi connectivity index (χ1v) is 10.6. The van der Waals surface area contributed by atoms with Gasteiger partial charge in [0.2, 0.25) is 0 Å². The van der Waals surface area contributed by atoms with Crippen molar-refractivity contribution in [3.05, 3.63) is 65.9 Å². The average molecular weight is 529 g/mol. The molecule has 0 saturated heterocycles. The van der Waals surface area contributed by atoms with E-state index in [0.717, 1.165) is 12.1 Å². The number of ketones is 1. The maximum absolute atomic E-state index is 12.6. The molecule has 3 N–H and O–H groups in total. The summed E-state index contributed by atoms with van der Waals surface area (Å²) in [6.45, 7) is 1.50. The van der Waals surface area contributed by atoms with E-state index in [1.54, 1.807) is 24.3 Å². The molecule has 37 heavy (non-hydrogen) atoms. The van der Waals surface area contributed by atoms with Crippen molar-refractivity contribution in [3.8, 4) is 16.9 Å². The van der Waals surface area contributed by atoms with Crippen LogP contribution in [0, 0.1) is 0 Å². The number of nitrogens with zero attached hydrogens (tertiary/aromatic N) is 1. The number of carboxylic acids is 1. The van der Waals surface area contributed by atoms with Crippen LogP contribution in [0.5, 0.6) is 5.75 Å². The summed E-state index contributed by atoms with van der Waals surface area (Å²) >= 11 is 0. The number of ether oxygens (including phenoxy) is 1. The van der Waals surface area contributed by atoms with Gasteiger partial charge in [0, 0.05) is 18.8 Å². The third-order valence-electron chi connectivity index (χ3n) is 5.30. The molecule has 1 heterocycles. The summed E-state index contributed by atoms with van der Waals surface area (Å²) in [6.07, 6.45) is -3.99. The van der Waals surface area contributed by atoms with E-state index in [0.29, 0.717) is 16.7 Å². The van der Waals surface area contributed by atoms with Gasteiger partial charge >= 0.3 is 47.9 Å². The van der Waals surface area contributed by atoms with Crippen LogP contribution in [0.4, 0.5) is 18.0 Å². The van der Waals surface area contributed by atoms with E-state index in [9.17, 15) is 37.5 Å². The van der Waals surface area contributed by atoms with Crippen LogP contribution in [0.15, 0.2) is 60.3 Å². The number of carboxylic acid groups (broad SMARTS) is 1. The van der Waals surface area contributed by atoms with Crippen molar-refractivity contribution in [2.45, 2.75) is 31.8 Å². The second-order valence-corrected chi connectivity index (χ2v) is 8.02. The number of alkyl halides is 3. The van der Waals surface area contributed by atoms with Crippen molar-refractivity contribution in [2.75, 3.05) is 7.05 Å². The maximum Gasteiger partial charge on any atom is 1.00 e. The Balaban J connectivity index is 0.00000361. The molecule has 9 nitrogen and oxygen atoms in total. The second-order valence-electron chi connectivity index (χ2n) is 8.02. The molecular weight excluding hydrogens is 506 g/mol. The van der Waals surface area contributed by atoms with Gasteiger partial charge < -0.3 is 26.8 Å². The van der Waals surface area contributed by atoms with Gasteiger partial charge in [0.25, 0.3) is 5.91 Å². The van der Waals surface area contributed by atoms with E-state index in [-0.39, 0.29) is 36.6 Å². The van der Waals surface area contributed by atoms with Crippen LogP contribution < -0.4 is 44.9 Å². The molecule has 1 aliphatic heterocycles. The van der Waals surface area contributed by atoms with E-state index in [2.05, 4.69) is 15.4 Å². The number of hydrogen-bond acceptors (Lipinski definition) is 5. The first-order chi connectivity index (χ1) is 16.8. The zero-order chi connectivity index (χ0) is 26.6. The number of Topliss-reactive ketones (excluding diaryl/α,β-unsaturated/α-hetero) is 1. The van der Waals surface area contributed by atoms with Gasteiger partial charge in [-0.3, -0.25) is 14.4 Å². The van der Waals surface area contributed by atoms with Gasteiger partial charge in [-0.2, -0.15) is 0 Å². The molecule has 2 aromatic rings. The number of carbonyl (C=O) groups is 4. The van der Waals surface area contributed by atoms with E-state index in [4.69, 9.17) is 0 Å². The van der Waals surface area contributed by atoms with Gasteiger partial charge in [-0.1, -0.05) is 30.3 Å². The molecule has 0 spiro atoms. The molecule has 0 aliphatic carbocycles. The van der Waals surface area contributed by atoms with Crippen LogP contribution in [0.1, 0.15) is 26.4 Å². The molecule has 2 aromatic carbocycles. The minimum Gasteiger partial charge on any atom is -1.00 e. The third kappa shape index (κ3) is 8.07. The van der Waals surface area contributed by atoms with Gasteiger partial charge in [-0.15, -0.1) is 13.2 Å². The molecule has 3 amide bonds. The number of carbonyl (C=O) groups excluding carboxylic acids is 3. The molecule has 2 atom stereocenters. The fourth-order valence-electron chi connectivity index (χ4n) is 3.63. The van der Waals surface area contributed by atoms with Crippen LogP contribution in [0.3, 0.4) is 0 Å². The number of likely N-dealkylation sites (N-methyl/N-ethyl adjacent to an activating group) is 1. The second kappa shape index (κ2) is 12.3. The van der Waals surface area contributed by atoms with Crippen LogP contribution in [-0.4, -0.2) is 53.1 Å². The Morgan fingerprint density at radius 2 is 1.78 bits per heavy atom.